The molecule has 2 heteroatoms. The topological polar surface area (TPSA) is 23.5 Å². The first-order chi connectivity index (χ1) is 7.77. The lowest BCUT2D eigenvalue weighted by Gasteiger charge is -2.23. The molecule has 0 unspecified atom stereocenters. The van der Waals surface area contributed by atoms with Gasteiger partial charge in [-0.25, -0.2) is 0 Å². The van der Waals surface area contributed by atoms with E-state index in [4.69, 9.17) is 5.11 Å². The summed E-state index contributed by atoms with van der Waals surface area (Å²) in [5.74, 6) is 0. The van der Waals surface area contributed by atoms with Crippen molar-refractivity contribution in [1.29, 1.82) is 0 Å². The standard InChI is InChI=1S/C14H23NO/c1-3-15(10-5-4-6-11-16)14-9-7-8-13(2)12-14/h7-9,12,16H,3-6,10-11H2,1-2H3. The first-order valence-corrected chi connectivity index (χ1v) is 6.20. The van der Waals surface area contributed by atoms with Crippen LogP contribution in [0.15, 0.2) is 24.3 Å². The van der Waals surface area contributed by atoms with Gasteiger partial charge in [0, 0.05) is 25.4 Å². The van der Waals surface area contributed by atoms with Crippen LogP contribution in [0.1, 0.15) is 31.7 Å². The molecule has 0 spiro atoms. The van der Waals surface area contributed by atoms with Crippen LogP contribution in [0, 0.1) is 6.92 Å². The molecule has 0 fully saturated rings. The maximum atomic E-state index is 8.73. The molecule has 1 N–H and O–H groups in total. The van der Waals surface area contributed by atoms with Crippen molar-refractivity contribution in [3.63, 3.8) is 0 Å². The monoisotopic (exact) mass is 221 g/mol. The zero-order valence-electron chi connectivity index (χ0n) is 10.4. The molecule has 1 aromatic carbocycles. The van der Waals surface area contributed by atoms with Gasteiger partial charge in [-0.3, -0.25) is 0 Å². The van der Waals surface area contributed by atoms with E-state index in [0.717, 1.165) is 32.4 Å². The van der Waals surface area contributed by atoms with Gasteiger partial charge in [-0.05, 0) is 50.8 Å². The second kappa shape index (κ2) is 7.29. The van der Waals surface area contributed by atoms with Crippen molar-refractivity contribution in [3.05, 3.63) is 29.8 Å². The molecule has 0 aliphatic rings. The third-order valence-corrected chi connectivity index (χ3v) is 2.83. The summed E-state index contributed by atoms with van der Waals surface area (Å²) in [5, 5.41) is 8.73. The third kappa shape index (κ3) is 4.23. The summed E-state index contributed by atoms with van der Waals surface area (Å²) >= 11 is 0. The molecule has 0 aliphatic heterocycles. The summed E-state index contributed by atoms with van der Waals surface area (Å²) in [6, 6.07) is 8.64. The average molecular weight is 221 g/mol. The van der Waals surface area contributed by atoms with E-state index in [2.05, 4.69) is 43.0 Å². The van der Waals surface area contributed by atoms with Crippen LogP contribution >= 0.6 is 0 Å². The first kappa shape index (κ1) is 13.0. The molecule has 2 nitrogen and oxygen atoms in total. The van der Waals surface area contributed by atoms with Crippen molar-refractivity contribution in [2.24, 2.45) is 0 Å². The fourth-order valence-electron chi connectivity index (χ4n) is 1.89. The summed E-state index contributed by atoms with van der Waals surface area (Å²) in [5.41, 5.74) is 2.62. The Kier molecular flexibility index (Phi) is 5.94. The van der Waals surface area contributed by atoms with Gasteiger partial charge < -0.3 is 10.0 Å². The van der Waals surface area contributed by atoms with Gasteiger partial charge in [-0.1, -0.05) is 12.1 Å². The Morgan fingerprint density at radius 1 is 1.19 bits per heavy atom. The van der Waals surface area contributed by atoms with Crippen LogP contribution in [0.5, 0.6) is 0 Å². The summed E-state index contributed by atoms with van der Waals surface area (Å²) in [4.78, 5) is 2.39. The van der Waals surface area contributed by atoms with E-state index < -0.39 is 0 Å². The normalized spacial score (nSPS) is 10.4. The quantitative estimate of drug-likeness (QED) is 0.715. The van der Waals surface area contributed by atoms with Crippen LogP contribution in [0.25, 0.3) is 0 Å². The van der Waals surface area contributed by atoms with Gasteiger partial charge in [-0.15, -0.1) is 0 Å². The number of anilines is 1. The SMILES string of the molecule is CCN(CCCCCO)c1cccc(C)c1. The highest BCUT2D eigenvalue weighted by molar-refractivity contribution is 5.48. The number of rotatable bonds is 7. The van der Waals surface area contributed by atoms with E-state index >= 15 is 0 Å². The van der Waals surface area contributed by atoms with Gasteiger partial charge >= 0.3 is 0 Å². The molecule has 0 heterocycles. The molecule has 0 amide bonds. The predicted molar refractivity (Wildman–Crippen MR) is 70.0 cm³/mol. The van der Waals surface area contributed by atoms with Crippen LogP contribution in [0.4, 0.5) is 5.69 Å². The Labute approximate surface area is 98.9 Å². The number of hydrogen-bond acceptors (Lipinski definition) is 2. The number of hydrogen-bond donors (Lipinski definition) is 1. The molecular formula is C14H23NO. The van der Waals surface area contributed by atoms with E-state index in [1.165, 1.54) is 11.3 Å². The molecule has 0 bridgehead atoms. The number of nitrogens with zero attached hydrogens (tertiary/aromatic N) is 1. The molecule has 1 aromatic rings. The fraction of sp³-hybridized carbons (Fsp3) is 0.571. The Morgan fingerprint density at radius 2 is 2.00 bits per heavy atom. The number of aliphatic hydroxyl groups excluding tert-OH is 1. The minimum absolute atomic E-state index is 0.316. The van der Waals surface area contributed by atoms with Crippen LogP contribution < -0.4 is 4.90 Å². The molecular weight excluding hydrogens is 198 g/mol. The zero-order valence-corrected chi connectivity index (χ0v) is 10.4. The Morgan fingerprint density at radius 3 is 2.62 bits per heavy atom. The Bertz CT molecular complexity index is 299. The summed E-state index contributed by atoms with van der Waals surface area (Å²) in [6.07, 6.45) is 3.19. The second-order valence-corrected chi connectivity index (χ2v) is 4.20. The van der Waals surface area contributed by atoms with Crippen LogP contribution in [0.3, 0.4) is 0 Å². The molecule has 1 rings (SSSR count). The summed E-state index contributed by atoms with van der Waals surface area (Å²) in [7, 11) is 0. The van der Waals surface area contributed by atoms with Crippen LogP contribution in [-0.4, -0.2) is 24.8 Å². The predicted octanol–water partition coefficient (Wildman–Crippen LogP) is 2.98. The Balaban J connectivity index is 2.47. The highest BCUT2D eigenvalue weighted by Crippen LogP contribution is 2.16. The van der Waals surface area contributed by atoms with Crippen molar-refractivity contribution < 1.29 is 5.11 Å². The first-order valence-electron chi connectivity index (χ1n) is 6.20. The molecule has 16 heavy (non-hydrogen) atoms. The van der Waals surface area contributed by atoms with E-state index in [1.807, 2.05) is 0 Å². The number of unbranched alkanes of at least 4 members (excludes halogenated alkanes) is 2. The fourth-order valence-corrected chi connectivity index (χ4v) is 1.89. The minimum Gasteiger partial charge on any atom is -0.396 e. The van der Waals surface area contributed by atoms with Crippen molar-refractivity contribution in [3.8, 4) is 0 Å². The summed E-state index contributed by atoms with van der Waals surface area (Å²) < 4.78 is 0. The molecule has 0 saturated heterocycles. The van der Waals surface area contributed by atoms with E-state index in [9.17, 15) is 0 Å². The maximum Gasteiger partial charge on any atom is 0.0431 e. The summed E-state index contributed by atoms with van der Waals surface area (Å²) in [6.45, 7) is 6.76. The Hall–Kier alpha value is -1.02. The van der Waals surface area contributed by atoms with Gasteiger partial charge in [0.25, 0.3) is 0 Å². The van der Waals surface area contributed by atoms with Crippen molar-refractivity contribution in [1.82, 2.24) is 0 Å². The molecule has 0 saturated carbocycles. The second-order valence-electron chi connectivity index (χ2n) is 4.20. The van der Waals surface area contributed by atoms with Gasteiger partial charge in [0.05, 0.1) is 0 Å². The van der Waals surface area contributed by atoms with Crippen LogP contribution in [0.2, 0.25) is 0 Å². The lowest BCUT2D eigenvalue weighted by atomic mass is 10.2. The largest absolute Gasteiger partial charge is 0.396 e. The van der Waals surface area contributed by atoms with Gasteiger partial charge in [0.2, 0.25) is 0 Å². The van der Waals surface area contributed by atoms with Crippen LogP contribution in [-0.2, 0) is 0 Å². The van der Waals surface area contributed by atoms with Gasteiger partial charge in [0.1, 0.15) is 0 Å². The molecule has 90 valence electrons. The average Bonchev–Trinajstić information content (AvgIpc) is 2.29. The highest BCUT2D eigenvalue weighted by Gasteiger charge is 2.03. The lowest BCUT2D eigenvalue weighted by molar-refractivity contribution is 0.283. The molecule has 0 aromatic heterocycles. The number of aliphatic hydroxyl groups is 1. The highest BCUT2D eigenvalue weighted by atomic mass is 16.2. The van der Waals surface area contributed by atoms with Gasteiger partial charge in [-0.2, -0.15) is 0 Å². The van der Waals surface area contributed by atoms with Crippen molar-refractivity contribution >= 4 is 5.69 Å². The lowest BCUT2D eigenvalue weighted by Crippen LogP contribution is -2.23. The molecule has 0 radical (unpaired) electrons. The zero-order chi connectivity index (χ0) is 11.8. The number of benzene rings is 1. The number of aryl methyl sites for hydroxylation is 1. The van der Waals surface area contributed by atoms with E-state index in [0.29, 0.717) is 6.61 Å². The van der Waals surface area contributed by atoms with Crippen molar-refractivity contribution in [2.45, 2.75) is 33.1 Å². The third-order valence-electron chi connectivity index (χ3n) is 2.83. The minimum atomic E-state index is 0.316. The van der Waals surface area contributed by atoms with E-state index in [1.54, 1.807) is 0 Å². The molecule has 0 atom stereocenters. The van der Waals surface area contributed by atoms with Gasteiger partial charge in [0.15, 0.2) is 0 Å². The molecule has 0 aliphatic carbocycles. The van der Waals surface area contributed by atoms with Crippen molar-refractivity contribution in [2.75, 3.05) is 24.6 Å². The maximum absolute atomic E-state index is 8.73. The van der Waals surface area contributed by atoms with E-state index in [-0.39, 0.29) is 0 Å². The smallest absolute Gasteiger partial charge is 0.0431 e.